The van der Waals surface area contributed by atoms with Crippen LogP contribution in [0, 0.1) is 6.92 Å². The number of aliphatic imine (C=N–C) groups is 1. The zero-order chi connectivity index (χ0) is 18.5. The number of hydrogen-bond acceptors (Lipinski definition) is 4. The van der Waals surface area contributed by atoms with Crippen LogP contribution in [0.25, 0.3) is 0 Å². The molecular weight excluding hydrogens is 316 g/mol. The molecule has 2 N–H and O–H groups in total. The summed E-state index contributed by atoms with van der Waals surface area (Å²) in [6.45, 7) is 8.54. The highest BCUT2D eigenvalue weighted by atomic mass is 16.5. The molecule has 0 aliphatic heterocycles. The molecular formula is C19H34N4O2. The Morgan fingerprint density at radius 3 is 2.68 bits per heavy atom. The van der Waals surface area contributed by atoms with Crippen LogP contribution in [0.3, 0.4) is 0 Å². The molecule has 0 fully saturated rings. The van der Waals surface area contributed by atoms with Crippen LogP contribution in [0.1, 0.15) is 24.5 Å². The van der Waals surface area contributed by atoms with Crippen molar-refractivity contribution in [2.75, 3.05) is 54.1 Å². The monoisotopic (exact) mass is 350 g/mol. The van der Waals surface area contributed by atoms with Gasteiger partial charge in [-0.05, 0) is 52.5 Å². The van der Waals surface area contributed by atoms with Gasteiger partial charge in [-0.25, -0.2) is 0 Å². The highest BCUT2D eigenvalue weighted by Crippen LogP contribution is 2.20. The molecule has 1 aromatic carbocycles. The summed E-state index contributed by atoms with van der Waals surface area (Å²) in [6, 6.07) is 6.26. The molecule has 0 radical (unpaired) electrons. The predicted octanol–water partition coefficient (Wildman–Crippen LogP) is 2.03. The number of nitrogens with one attached hydrogen (secondary N) is 2. The standard InChI is InChI=1S/C19H34N4O2/c1-6-24-12-13-25-18-14-16(2)8-9-17(18)15-22-19(20-3)21-10-7-11-23(4)5/h8-9,14H,6-7,10-13,15H2,1-5H3,(H2,20,21,22). The van der Waals surface area contributed by atoms with Crippen LogP contribution >= 0.6 is 0 Å². The maximum Gasteiger partial charge on any atom is 0.191 e. The van der Waals surface area contributed by atoms with Crippen molar-refractivity contribution in [1.82, 2.24) is 15.5 Å². The molecule has 0 spiro atoms. The van der Waals surface area contributed by atoms with Crippen LogP contribution in [0.2, 0.25) is 0 Å². The van der Waals surface area contributed by atoms with Crippen molar-refractivity contribution in [2.24, 2.45) is 4.99 Å². The lowest BCUT2D eigenvalue weighted by atomic mass is 10.1. The Labute approximate surface area is 152 Å². The van der Waals surface area contributed by atoms with E-state index in [-0.39, 0.29) is 0 Å². The van der Waals surface area contributed by atoms with Gasteiger partial charge in [-0.2, -0.15) is 0 Å². The number of nitrogens with zero attached hydrogens (tertiary/aromatic N) is 2. The third kappa shape index (κ3) is 9.31. The van der Waals surface area contributed by atoms with Gasteiger partial charge >= 0.3 is 0 Å². The molecule has 0 amide bonds. The number of hydrogen-bond donors (Lipinski definition) is 2. The fraction of sp³-hybridized carbons (Fsp3) is 0.632. The SMILES string of the molecule is CCOCCOc1cc(C)ccc1CNC(=NC)NCCCN(C)C. The van der Waals surface area contributed by atoms with E-state index in [0.717, 1.165) is 36.8 Å². The number of rotatable bonds is 11. The van der Waals surface area contributed by atoms with Crippen LogP contribution in [0.4, 0.5) is 0 Å². The lowest BCUT2D eigenvalue weighted by Gasteiger charge is -2.16. The molecule has 0 aromatic heterocycles. The lowest BCUT2D eigenvalue weighted by molar-refractivity contribution is 0.110. The van der Waals surface area contributed by atoms with Gasteiger partial charge in [0.05, 0.1) is 6.61 Å². The van der Waals surface area contributed by atoms with E-state index in [1.54, 1.807) is 7.05 Å². The number of ether oxygens (including phenoxy) is 2. The molecule has 0 aliphatic carbocycles. The minimum absolute atomic E-state index is 0.557. The average Bonchev–Trinajstić information content (AvgIpc) is 2.59. The highest BCUT2D eigenvalue weighted by Gasteiger charge is 2.06. The third-order valence-corrected chi connectivity index (χ3v) is 3.66. The topological polar surface area (TPSA) is 58.1 Å². The maximum atomic E-state index is 5.88. The first-order valence-corrected chi connectivity index (χ1v) is 8.96. The Hall–Kier alpha value is -1.79. The molecule has 0 heterocycles. The number of aryl methyl sites for hydroxylation is 1. The molecule has 0 aliphatic rings. The fourth-order valence-corrected chi connectivity index (χ4v) is 2.30. The van der Waals surface area contributed by atoms with Gasteiger partial charge in [0.1, 0.15) is 12.4 Å². The van der Waals surface area contributed by atoms with Crippen LogP contribution in [0.15, 0.2) is 23.2 Å². The van der Waals surface area contributed by atoms with Gasteiger partial charge in [0, 0.05) is 32.3 Å². The van der Waals surface area contributed by atoms with Crippen molar-refractivity contribution >= 4 is 5.96 Å². The van der Waals surface area contributed by atoms with Crippen LogP contribution in [-0.4, -0.2) is 64.9 Å². The van der Waals surface area contributed by atoms with Gasteiger partial charge in [0.25, 0.3) is 0 Å². The molecule has 0 bridgehead atoms. The summed E-state index contributed by atoms with van der Waals surface area (Å²) in [5.74, 6) is 1.70. The summed E-state index contributed by atoms with van der Waals surface area (Å²) >= 11 is 0. The molecule has 0 atom stereocenters. The first-order valence-electron chi connectivity index (χ1n) is 8.96. The van der Waals surface area contributed by atoms with E-state index in [1.165, 1.54) is 5.56 Å². The van der Waals surface area contributed by atoms with Gasteiger partial charge in [-0.15, -0.1) is 0 Å². The van der Waals surface area contributed by atoms with Gasteiger partial charge in [0.2, 0.25) is 0 Å². The highest BCUT2D eigenvalue weighted by molar-refractivity contribution is 5.79. The van der Waals surface area contributed by atoms with E-state index in [1.807, 2.05) is 6.92 Å². The maximum absolute atomic E-state index is 5.88. The molecule has 25 heavy (non-hydrogen) atoms. The second-order valence-electron chi connectivity index (χ2n) is 6.17. The second-order valence-corrected chi connectivity index (χ2v) is 6.17. The van der Waals surface area contributed by atoms with Crippen molar-refractivity contribution < 1.29 is 9.47 Å². The van der Waals surface area contributed by atoms with Crippen LogP contribution < -0.4 is 15.4 Å². The zero-order valence-corrected chi connectivity index (χ0v) is 16.4. The van der Waals surface area contributed by atoms with Crippen LogP contribution in [-0.2, 0) is 11.3 Å². The Kier molecular flexibility index (Phi) is 10.7. The van der Waals surface area contributed by atoms with E-state index in [2.05, 4.69) is 59.7 Å². The number of benzene rings is 1. The Balaban J connectivity index is 2.50. The van der Waals surface area contributed by atoms with E-state index in [4.69, 9.17) is 9.47 Å². The summed E-state index contributed by atoms with van der Waals surface area (Å²) in [6.07, 6.45) is 1.07. The van der Waals surface area contributed by atoms with Crippen molar-refractivity contribution in [3.05, 3.63) is 29.3 Å². The minimum Gasteiger partial charge on any atom is -0.491 e. The second kappa shape index (κ2) is 12.6. The normalized spacial score (nSPS) is 11.7. The first kappa shape index (κ1) is 21.3. The molecule has 6 heteroatoms. The Morgan fingerprint density at radius 1 is 1.20 bits per heavy atom. The summed E-state index contributed by atoms with van der Waals surface area (Å²) in [4.78, 5) is 6.45. The third-order valence-electron chi connectivity index (χ3n) is 3.66. The summed E-state index contributed by atoms with van der Waals surface area (Å²) in [5.41, 5.74) is 2.29. The molecule has 1 aromatic rings. The molecule has 6 nitrogen and oxygen atoms in total. The first-order chi connectivity index (χ1) is 12.1. The van der Waals surface area contributed by atoms with E-state index in [0.29, 0.717) is 26.4 Å². The zero-order valence-electron chi connectivity index (χ0n) is 16.4. The molecule has 0 unspecified atom stereocenters. The van der Waals surface area contributed by atoms with E-state index < -0.39 is 0 Å². The molecule has 142 valence electrons. The minimum atomic E-state index is 0.557. The Morgan fingerprint density at radius 2 is 2.00 bits per heavy atom. The molecule has 0 saturated heterocycles. The smallest absolute Gasteiger partial charge is 0.191 e. The van der Waals surface area contributed by atoms with Crippen molar-refractivity contribution in [3.63, 3.8) is 0 Å². The van der Waals surface area contributed by atoms with Crippen molar-refractivity contribution in [2.45, 2.75) is 26.8 Å². The summed E-state index contributed by atoms with van der Waals surface area (Å²) in [7, 11) is 5.95. The summed E-state index contributed by atoms with van der Waals surface area (Å²) < 4.78 is 11.2. The predicted molar refractivity (Wildman–Crippen MR) is 105 cm³/mol. The van der Waals surface area contributed by atoms with Crippen molar-refractivity contribution in [3.8, 4) is 5.75 Å². The van der Waals surface area contributed by atoms with Gasteiger partial charge in [0.15, 0.2) is 5.96 Å². The largest absolute Gasteiger partial charge is 0.491 e. The summed E-state index contributed by atoms with van der Waals surface area (Å²) in [5, 5.41) is 6.69. The lowest BCUT2D eigenvalue weighted by Crippen LogP contribution is -2.38. The Bertz CT molecular complexity index is 518. The van der Waals surface area contributed by atoms with Gasteiger partial charge in [-0.1, -0.05) is 12.1 Å². The quantitative estimate of drug-likeness (QED) is 0.363. The fourth-order valence-electron chi connectivity index (χ4n) is 2.30. The van der Waals surface area contributed by atoms with Gasteiger partial charge in [-0.3, -0.25) is 4.99 Å². The van der Waals surface area contributed by atoms with Crippen molar-refractivity contribution in [1.29, 1.82) is 0 Å². The average molecular weight is 351 g/mol. The van der Waals surface area contributed by atoms with E-state index in [9.17, 15) is 0 Å². The molecule has 1 rings (SSSR count). The van der Waals surface area contributed by atoms with Gasteiger partial charge < -0.3 is 25.0 Å². The molecule has 0 saturated carbocycles. The van der Waals surface area contributed by atoms with Crippen LogP contribution in [0.5, 0.6) is 5.75 Å². The van der Waals surface area contributed by atoms with E-state index >= 15 is 0 Å². The number of guanidine groups is 1.